The summed E-state index contributed by atoms with van der Waals surface area (Å²) in [7, 11) is 3.79. The Kier molecular flexibility index (Phi) is 3.61. The third-order valence-corrected chi connectivity index (χ3v) is 5.43. The molecule has 0 aliphatic carbocycles. The molecule has 0 spiro atoms. The molecule has 0 amide bonds. The van der Waals surface area contributed by atoms with Gasteiger partial charge in [-0.1, -0.05) is 17.7 Å². The summed E-state index contributed by atoms with van der Waals surface area (Å²) in [5.41, 5.74) is 4.48. The summed E-state index contributed by atoms with van der Waals surface area (Å²) >= 11 is 1.45. The number of nitrogens with zero attached hydrogens (tertiary/aromatic N) is 5. The smallest absolute Gasteiger partial charge is 0.272 e. The molecular weight excluding hydrogens is 334 g/mol. The monoisotopic (exact) mass is 353 g/mol. The zero-order chi connectivity index (χ0) is 17.7. The molecule has 0 N–H and O–H groups in total. The van der Waals surface area contributed by atoms with Gasteiger partial charge in [0.05, 0.1) is 12.1 Å². The molecule has 25 heavy (non-hydrogen) atoms. The second-order valence-corrected chi connectivity index (χ2v) is 7.31. The second kappa shape index (κ2) is 5.70. The van der Waals surface area contributed by atoms with Crippen molar-refractivity contribution in [3.63, 3.8) is 0 Å². The molecule has 3 heterocycles. The van der Waals surface area contributed by atoms with Crippen molar-refractivity contribution in [1.82, 2.24) is 19.2 Å². The topological polar surface area (TPSA) is 55.4 Å². The van der Waals surface area contributed by atoms with E-state index in [1.165, 1.54) is 22.5 Å². The summed E-state index contributed by atoms with van der Waals surface area (Å²) in [6, 6.07) is 8.37. The van der Waals surface area contributed by atoms with E-state index in [1.807, 2.05) is 22.9 Å². The first-order chi connectivity index (χ1) is 12.0. The molecule has 0 saturated carbocycles. The molecule has 0 aliphatic rings. The first kappa shape index (κ1) is 15.8. The van der Waals surface area contributed by atoms with Crippen LogP contribution >= 0.6 is 11.3 Å². The molecule has 0 bridgehead atoms. The van der Waals surface area contributed by atoms with E-state index in [-0.39, 0.29) is 5.56 Å². The third-order valence-electron chi connectivity index (χ3n) is 4.54. The number of hydrogen-bond donors (Lipinski definition) is 0. The Balaban J connectivity index is 1.84. The summed E-state index contributed by atoms with van der Waals surface area (Å²) in [6.07, 6.45) is 0. The average molecular weight is 353 g/mol. The Hall–Kier alpha value is -2.67. The van der Waals surface area contributed by atoms with Gasteiger partial charge >= 0.3 is 0 Å². The van der Waals surface area contributed by atoms with E-state index in [0.717, 1.165) is 21.7 Å². The van der Waals surface area contributed by atoms with Crippen LogP contribution in [0.25, 0.3) is 16.0 Å². The van der Waals surface area contributed by atoms with Gasteiger partial charge in [-0.25, -0.2) is 0 Å². The van der Waals surface area contributed by atoms with Crippen LogP contribution in [0.5, 0.6) is 0 Å². The van der Waals surface area contributed by atoms with Crippen molar-refractivity contribution in [3.8, 4) is 0 Å². The van der Waals surface area contributed by atoms with Crippen LogP contribution < -0.4 is 10.5 Å². The van der Waals surface area contributed by atoms with Gasteiger partial charge in [-0.3, -0.25) is 13.8 Å². The molecule has 0 aliphatic heterocycles. The normalized spacial score (nSPS) is 11.5. The van der Waals surface area contributed by atoms with E-state index in [0.29, 0.717) is 12.3 Å². The lowest BCUT2D eigenvalue weighted by Gasteiger charge is -2.21. The van der Waals surface area contributed by atoms with Crippen LogP contribution in [0.3, 0.4) is 0 Å². The Morgan fingerprint density at radius 3 is 2.76 bits per heavy atom. The van der Waals surface area contributed by atoms with E-state index in [1.54, 1.807) is 11.6 Å². The fourth-order valence-corrected chi connectivity index (χ4v) is 4.14. The molecule has 0 unspecified atom stereocenters. The predicted octanol–water partition coefficient (Wildman–Crippen LogP) is 2.90. The van der Waals surface area contributed by atoms with Crippen LogP contribution in [0.1, 0.15) is 17.0 Å². The van der Waals surface area contributed by atoms with Crippen LogP contribution in [0.15, 0.2) is 34.4 Å². The van der Waals surface area contributed by atoms with Gasteiger partial charge in [0.15, 0.2) is 5.82 Å². The van der Waals surface area contributed by atoms with Gasteiger partial charge in [-0.2, -0.15) is 0 Å². The van der Waals surface area contributed by atoms with E-state index in [4.69, 9.17) is 0 Å². The van der Waals surface area contributed by atoms with Crippen LogP contribution in [0.2, 0.25) is 0 Å². The molecule has 6 nitrogen and oxygen atoms in total. The molecule has 1 aromatic carbocycles. The Labute approximate surface area is 149 Å². The van der Waals surface area contributed by atoms with Crippen molar-refractivity contribution >= 4 is 33.0 Å². The van der Waals surface area contributed by atoms with E-state index in [9.17, 15) is 4.79 Å². The molecule has 7 heteroatoms. The van der Waals surface area contributed by atoms with E-state index in [2.05, 4.69) is 47.1 Å². The number of benzene rings is 1. The minimum Gasteiger partial charge on any atom is -0.367 e. The molecule has 4 aromatic rings. The summed E-state index contributed by atoms with van der Waals surface area (Å²) < 4.78 is 4.27. The second-order valence-electron chi connectivity index (χ2n) is 6.40. The number of rotatable bonds is 3. The largest absolute Gasteiger partial charge is 0.367 e. The first-order valence-corrected chi connectivity index (χ1v) is 8.94. The van der Waals surface area contributed by atoms with Crippen molar-refractivity contribution in [2.75, 3.05) is 11.9 Å². The number of aryl methyl sites for hydroxylation is 3. The first-order valence-electron chi connectivity index (χ1n) is 8.06. The number of fused-ring (bicyclic) bond motifs is 3. The van der Waals surface area contributed by atoms with Crippen LogP contribution in [0, 0.1) is 13.8 Å². The summed E-state index contributed by atoms with van der Waals surface area (Å²) in [5, 5.41) is 10.5. The van der Waals surface area contributed by atoms with Gasteiger partial charge in [0, 0.05) is 19.8 Å². The highest BCUT2D eigenvalue weighted by Gasteiger charge is 2.17. The molecule has 0 radical (unpaired) electrons. The van der Waals surface area contributed by atoms with Crippen LogP contribution in [-0.2, 0) is 13.6 Å². The minimum absolute atomic E-state index is 0.0285. The third kappa shape index (κ3) is 2.42. The molecule has 0 saturated heterocycles. The SMILES string of the molecule is Cc1ccc(N(C)Cc2nnc3n(C)c(=O)c4sccc4n23)c(C)c1. The maximum Gasteiger partial charge on any atom is 0.272 e. The van der Waals surface area contributed by atoms with Crippen molar-refractivity contribution < 1.29 is 0 Å². The zero-order valence-corrected chi connectivity index (χ0v) is 15.5. The fourth-order valence-electron chi connectivity index (χ4n) is 3.29. The van der Waals surface area contributed by atoms with E-state index >= 15 is 0 Å². The Bertz CT molecular complexity index is 1150. The molecule has 3 aromatic heterocycles. The van der Waals surface area contributed by atoms with Gasteiger partial charge in [0.1, 0.15) is 4.70 Å². The van der Waals surface area contributed by atoms with Crippen molar-refractivity contribution in [2.45, 2.75) is 20.4 Å². The summed E-state index contributed by atoms with van der Waals surface area (Å²) in [6.45, 7) is 4.81. The maximum absolute atomic E-state index is 12.4. The lowest BCUT2D eigenvalue weighted by molar-refractivity contribution is 0.819. The highest BCUT2D eigenvalue weighted by atomic mass is 32.1. The lowest BCUT2D eigenvalue weighted by Crippen LogP contribution is -2.22. The Morgan fingerprint density at radius 2 is 2.00 bits per heavy atom. The highest BCUT2D eigenvalue weighted by molar-refractivity contribution is 7.17. The minimum atomic E-state index is -0.0285. The summed E-state index contributed by atoms with van der Waals surface area (Å²) in [5.74, 6) is 1.39. The standard InChI is InChI=1S/C18H19N5OS/c1-11-5-6-13(12(2)9-11)21(3)10-15-19-20-18-22(4)17(24)16-14(23(15)18)7-8-25-16/h5-9H,10H2,1-4H3. The Morgan fingerprint density at radius 1 is 1.20 bits per heavy atom. The lowest BCUT2D eigenvalue weighted by atomic mass is 10.1. The average Bonchev–Trinajstić information content (AvgIpc) is 3.19. The van der Waals surface area contributed by atoms with Gasteiger partial charge in [0.25, 0.3) is 5.56 Å². The van der Waals surface area contributed by atoms with Crippen molar-refractivity contribution in [1.29, 1.82) is 0 Å². The van der Waals surface area contributed by atoms with Gasteiger partial charge < -0.3 is 4.90 Å². The van der Waals surface area contributed by atoms with Crippen molar-refractivity contribution in [2.24, 2.45) is 7.05 Å². The number of thiophene rings is 1. The quantitative estimate of drug-likeness (QED) is 0.568. The highest BCUT2D eigenvalue weighted by Crippen LogP contribution is 2.23. The van der Waals surface area contributed by atoms with Gasteiger partial charge in [-0.05, 0) is 36.9 Å². The van der Waals surface area contributed by atoms with E-state index < -0.39 is 0 Å². The molecular formula is C18H19N5OS. The number of anilines is 1. The van der Waals surface area contributed by atoms with Gasteiger partial charge in [-0.15, -0.1) is 21.5 Å². The fraction of sp³-hybridized carbons (Fsp3) is 0.278. The van der Waals surface area contributed by atoms with Crippen LogP contribution in [0.4, 0.5) is 5.69 Å². The summed E-state index contributed by atoms with van der Waals surface area (Å²) in [4.78, 5) is 14.6. The number of hydrogen-bond acceptors (Lipinski definition) is 5. The maximum atomic E-state index is 12.4. The predicted molar refractivity (Wildman–Crippen MR) is 102 cm³/mol. The van der Waals surface area contributed by atoms with Crippen LogP contribution in [-0.4, -0.2) is 26.2 Å². The van der Waals surface area contributed by atoms with Gasteiger partial charge in [0.2, 0.25) is 5.78 Å². The number of aromatic nitrogens is 4. The molecule has 4 rings (SSSR count). The molecule has 128 valence electrons. The molecule has 0 fully saturated rings. The molecule has 0 atom stereocenters. The zero-order valence-electron chi connectivity index (χ0n) is 14.6. The van der Waals surface area contributed by atoms with Crippen molar-refractivity contribution in [3.05, 3.63) is 57.0 Å².